The SMILES string of the molecule is [2H]c1c([2H])c(-c2cccc(-c3nc(-c4ccccc4)nc(-c4cccc5c4-c4ccccc4C54c5ccccc5-c5ccccc54)n3)c2)c([2H])c([2H])c1C. The van der Waals surface area contributed by atoms with Gasteiger partial charge in [0.1, 0.15) is 0 Å². The van der Waals surface area contributed by atoms with Gasteiger partial charge in [-0.3, -0.25) is 0 Å². The first kappa shape index (κ1) is 24.7. The van der Waals surface area contributed by atoms with Crippen LogP contribution in [0.15, 0.2) is 170 Å². The fourth-order valence-corrected chi connectivity index (χ4v) is 8.00. The Hall–Kier alpha value is -6.45. The predicted molar refractivity (Wildman–Crippen MR) is 203 cm³/mol. The molecule has 8 aromatic rings. The Kier molecular flexibility index (Phi) is 5.45. The maximum atomic E-state index is 8.74. The second-order valence-corrected chi connectivity index (χ2v) is 12.9. The Bertz CT molecular complexity index is 2780. The third-order valence-electron chi connectivity index (χ3n) is 10.1. The standard InChI is InChI=1S/C47H31N3/c1-30-25-27-31(28-26-30)33-15-11-16-34(29-33)45-48-44(32-13-3-2-4-14-32)49-46(50-45)38-20-12-24-42-43(38)37-19-7-10-23-41(37)47(42)39-21-8-5-17-35(39)36-18-6-9-22-40(36)47/h2-29H,1H3/i25D,26D,27D,28D. The third-order valence-corrected chi connectivity index (χ3v) is 10.1. The summed E-state index contributed by atoms with van der Waals surface area (Å²) in [6, 6.07) is 49.7. The van der Waals surface area contributed by atoms with Crippen LogP contribution in [0.2, 0.25) is 0 Å². The second-order valence-electron chi connectivity index (χ2n) is 12.9. The van der Waals surface area contributed by atoms with Gasteiger partial charge in [-0.25, -0.2) is 15.0 Å². The van der Waals surface area contributed by atoms with E-state index in [0.717, 1.165) is 22.3 Å². The molecule has 3 nitrogen and oxygen atoms in total. The predicted octanol–water partition coefficient (Wildman–Crippen LogP) is 11.2. The van der Waals surface area contributed by atoms with Crippen LogP contribution in [0.1, 0.15) is 33.3 Å². The average molecular weight is 642 g/mol. The highest BCUT2D eigenvalue weighted by molar-refractivity contribution is 5.99. The Morgan fingerprint density at radius 3 is 1.58 bits per heavy atom. The minimum atomic E-state index is -0.509. The van der Waals surface area contributed by atoms with Crippen LogP contribution < -0.4 is 0 Å². The molecule has 0 amide bonds. The number of rotatable bonds is 4. The molecule has 1 aromatic heterocycles. The van der Waals surface area contributed by atoms with Crippen LogP contribution in [-0.2, 0) is 5.41 Å². The number of hydrogen-bond acceptors (Lipinski definition) is 3. The highest BCUT2D eigenvalue weighted by Gasteiger charge is 2.52. The Morgan fingerprint density at radius 1 is 0.400 bits per heavy atom. The van der Waals surface area contributed by atoms with E-state index >= 15 is 0 Å². The van der Waals surface area contributed by atoms with E-state index in [0.29, 0.717) is 34.2 Å². The summed E-state index contributed by atoms with van der Waals surface area (Å²) in [5.74, 6) is 1.50. The molecule has 50 heavy (non-hydrogen) atoms. The molecule has 0 saturated carbocycles. The van der Waals surface area contributed by atoms with Crippen molar-refractivity contribution in [2.75, 3.05) is 0 Å². The van der Waals surface area contributed by atoms with E-state index in [1.807, 2.05) is 48.5 Å². The van der Waals surface area contributed by atoms with Crippen LogP contribution >= 0.6 is 0 Å². The number of aromatic nitrogens is 3. The molecule has 3 heteroatoms. The molecule has 0 fully saturated rings. The Morgan fingerprint density at radius 2 is 0.880 bits per heavy atom. The van der Waals surface area contributed by atoms with Crippen LogP contribution in [0.3, 0.4) is 0 Å². The smallest absolute Gasteiger partial charge is 0.164 e. The normalized spacial score (nSPS) is 14.2. The van der Waals surface area contributed by atoms with E-state index in [9.17, 15) is 0 Å². The molecular formula is C47H31N3. The largest absolute Gasteiger partial charge is 0.208 e. The molecule has 2 aliphatic rings. The fraction of sp³-hybridized carbons (Fsp3) is 0.0426. The maximum absolute atomic E-state index is 8.74. The molecule has 1 heterocycles. The molecule has 0 N–H and O–H groups in total. The number of benzene rings is 7. The first-order valence-electron chi connectivity index (χ1n) is 18.8. The maximum Gasteiger partial charge on any atom is 0.164 e. The van der Waals surface area contributed by atoms with Crippen molar-refractivity contribution in [1.29, 1.82) is 0 Å². The van der Waals surface area contributed by atoms with Gasteiger partial charge in [0.15, 0.2) is 17.5 Å². The van der Waals surface area contributed by atoms with Gasteiger partial charge in [-0.15, -0.1) is 0 Å². The summed E-state index contributed by atoms with van der Waals surface area (Å²) in [7, 11) is 0. The van der Waals surface area contributed by atoms with E-state index < -0.39 is 5.41 Å². The lowest BCUT2D eigenvalue weighted by atomic mass is 9.70. The summed E-state index contributed by atoms with van der Waals surface area (Å²) in [6.45, 7) is 1.61. The quantitative estimate of drug-likeness (QED) is 0.192. The molecule has 0 atom stereocenters. The molecular weight excluding hydrogens is 607 g/mol. The minimum Gasteiger partial charge on any atom is -0.208 e. The van der Waals surface area contributed by atoms with Gasteiger partial charge in [0.2, 0.25) is 0 Å². The lowest BCUT2D eigenvalue weighted by Crippen LogP contribution is -2.25. The van der Waals surface area contributed by atoms with E-state index in [-0.39, 0.29) is 29.7 Å². The van der Waals surface area contributed by atoms with Gasteiger partial charge in [-0.05, 0) is 68.6 Å². The number of fused-ring (bicyclic) bond motifs is 10. The molecule has 0 radical (unpaired) electrons. The Balaban J connectivity index is 1.23. The fourth-order valence-electron chi connectivity index (χ4n) is 8.00. The first-order chi connectivity index (χ1) is 26.4. The monoisotopic (exact) mass is 641 g/mol. The van der Waals surface area contributed by atoms with Crippen molar-refractivity contribution in [3.8, 4) is 67.5 Å². The third kappa shape index (κ3) is 4.13. The van der Waals surface area contributed by atoms with E-state index in [1.54, 1.807) is 13.0 Å². The lowest BCUT2D eigenvalue weighted by molar-refractivity contribution is 0.794. The van der Waals surface area contributed by atoms with E-state index in [4.69, 9.17) is 20.4 Å². The molecule has 7 aromatic carbocycles. The molecule has 2 aliphatic carbocycles. The van der Waals surface area contributed by atoms with Crippen molar-refractivity contribution in [3.05, 3.63) is 198 Å². The van der Waals surface area contributed by atoms with Crippen molar-refractivity contribution in [3.63, 3.8) is 0 Å². The molecule has 0 aliphatic heterocycles. The lowest BCUT2D eigenvalue weighted by Gasteiger charge is -2.30. The molecule has 234 valence electrons. The van der Waals surface area contributed by atoms with E-state index in [2.05, 4.69) is 91.0 Å². The summed E-state index contributed by atoms with van der Waals surface area (Å²) in [5, 5.41) is 0. The summed E-state index contributed by atoms with van der Waals surface area (Å²) in [4.78, 5) is 15.4. The second kappa shape index (κ2) is 11.0. The molecule has 0 saturated heterocycles. The summed E-state index contributed by atoms with van der Waals surface area (Å²) in [5.41, 5.74) is 12.7. The zero-order valence-corrected chi connectivity index (χ0v) is 27.2. The number of nitrogens with zero attached hydrogens (tertiary/aromatic N) is 3. The average Bonchev–Trinajstić information content (AvgIpc) is 3.70. The van der Waals surface area contributed by atoms with Gasteiger partial charge in [0, 0.05) is 16.7 Å². The van der Waals surface area contributed by atoms with Gasteiger partial charge in [-0.2, -0.15) is 0 Å². The summed E-state index contributed by atoms with van der Waals surface area (Å²) < 4.78 is 34.4. The van der Waals surface area contributed by atoms with Crippen LogP contribution in [0.25, 0.3) is 67.5 Å². The summed E-state index contributed by atoms with van der Waals surface area (Å²) >= 11 is 0. The van der Waals surface area contributed by atoms with Gasteiger partial charge in [-0.1, -0.05) is 169 Å². The topological polar surface area (TPSA) is 38.7 Å². The van der Waals surface area contributed by atoms with Crippen LogP contribution in [-0.4, -0.2) is 15.0 Å². The van der Waals surface area contributed by atoms with Crippen molar-refractivity contribution in [1.82, 2.24) is 15.0 Å². The Labute approximate surface area is 297 Å². The zero-order valence-electron chi connectivity index (χ0n) is 31.2. The van der Waals surface area contributed by atoms with Crippen molar-refractivity contribution in [2.45, 2.75) is 12.3 Å². The minimum absolute atomic E-state index is 0.0475. The molecule has 0 unspecified atom stereocenters. The van der Waals surface area contributed by atoms with Gasteiger partial charge in [0.25, 0.3) is 0 Å². The van der Waals surface area contributed by atoms with Crippen molar-refractivity contribution >= 4 is 0 Å². The van der Waals surface area contributed by atoms with E-state index in [1.165, 1.54) is 33.4 Å². The van der Waals surface area contributed by atoms with Crippen molar-refractivity contribution < 1.29 is 5.48 Å². The van der Waals surface area contributed by atoms with Crippen LogP contribution in [0.4, 0.5) is 0 Å². The highest BCUT2D eigenvalue weighted by atomic mass is 15.0. The van der Waals surface area contributed by atoms with Crippen LogP contribution in [0, 0.1) is 6.92 Å². The van der Waals surface area contributed by atoms with Gasteiger partial charge >= 0.3 is 0 Å². The molecule has 1 spiro atoms. The highest BCUT2D eigenvalue weighted by Crippen LogP contribution is 2.63. The zero-order chi connectivity index (χ0) is 36.7. The molecule has 10 rings (SSSR count). The molecule has 0 bridgehead atoms. The van der Waals surface area contributed by atoms with Crippen LogP contribution in [0.5, 0.6) is 0 Å². The number of hydrogen-bond donors (Lipinski definition) is 0. The van der Waals surface area contributed by atoms with Gasteiger partial charge < -0.3 is 0 Å². The van der Waals surface area contributed by atoms with Crippen molar-refractivity contribution in [2.24, 2.45) is 0 Å². The first-order valence-corrected chi connectivity index (χ1v) is 16.8. The summed E-state index contributed by atoms with van der Waals surface area (Å²) in [6.07, 6.45) is 0. The van der Waals surface area contributed by atoms with Gasteiger partial charge in [0.05, 0.1) is 10.9 Å².